The molecule has 2 aliphatic rings. The van der Waals surface area contributed by atoms with Gasteiger partial charge in [-0.05, 0) is 0 Å². The molecule has 6 nitrogen and oxygen atoms in total. The van der Waals surface area contributed by atoms with E-state index >= 15 is 0 Å². The van der Waals surface area contributed by atoms with Crippen LogP contribution in [0.25, 0.3) is 0 Å². The zero-order valence-electron chi connectivity index (χ0n) is 9.74. The first-order valence-electron chi connectivity index (χ1n) is 5.65. The third-order valence-electron chi connectivity index (χ3n) is 2.20. The van der Waals surface area contributed by atoms with E-state index in [1.165, 1.54) is 24.3 Å². The molecule has 0 aromatic rings. The minimum atomic E-state index is -0.463. The highest BCUT2D eigenvalue weighted by Crippen LogP contribution is 2.09. The molecule has 2 saturated heterocycles. The fourth-order valence-electron chi connectivity index (χ4n) is 1.04. The Morgan fingerprint density at radius 1 is 0.944 bits per heavy atom. The van der Waals surface area contributed by atoms with E-state index in [1.54, 1.807) is 0 Å². The van der Waals surface area contributed by atoms with Crippen LogP contribution >= 0.6 is 0 Å². The van der Waals surface area contributed by atoms with Crippen LogP contribution in [-0.2, 0) is 28.5 Å². The predicted octanol–water partition coefficient (Wildman–Crippen LogP) is -0.0172. The molecule has 6 heteroatoms. The molecule has 0 bridgehead atoms. The zero-order valence-corrected chi connectivity index (χ0v) is 9.74. The third-order valence-corrected chi connectivity index (χ3v) is 2.20. The molecule has 18 heavy (non-hydrogen) atoms. The molecule has 0 N–H and O–H groups in total. The van der Waals surface area contributed by atoms with Gasteiger partial charge < -0.3 is 18.9 Å². The Balaban J connectivity index is 1.55. The van der Waals surface area contributed by atoms with E-state index in [2.05, 4.69) is 0 Å². The quantitative estimate of drug-likeness (QED) is 0.275. The fourth-order valence-corrected chi connectivity index (χ4v) is 1.04. The van der Waals surface area contributed by atoms with Crippen LogP contribution in [-0.4, -0.2) is 50.6 Å². The number of ether oxygens (including phenoxy) is 4. The lowest BCUT2D eigenvalue weighted by Gasteiger charge is -1.96. The van der Waals surface area contributed by atoms with Crippen molar-refractivity contribution in [2.45, 2.75) is 12.2 Å². The van der Waals surface area contributed by atoms with Gasteiger partial charge in [-0.1, -0.05) is 12.2 Å². The number of hydrogen-bond donors (Lipinski definition) is 0. The highest BCUT2D eigenvalue weighted by atomic mass is 16.6. The lowest BCUT2D eigenvalue weighted by atomic mass is 10.4. The number of esters is 2. The molecule has 98 valence electrons. The molecule has 0 aromatic carbocycles. The van der Waals surface area contributed by atoms with Crippen molar-refractivity contribution in [3.8, 4) is 0 Å². The van der Waals surface area contributed by atoms with Crippen molar-refractivity contribution < 1.29 is 28.5 Å². The Labute approximate surface area is 104 Å². The number of hydrogen-bond acceptors (Lipinski definition) is 6. The first-order chi connectivity index (χ1) is 8.74. The molecule has 2 atom stereocenters. The van der Waals surface area contributed by atoms with Gasteiger partial charge in [0.15, 0.2) is 0 Å². The Bertz CT molecular complexity index is 329. The van der Waals surface area contributed by atoms with Gasteiger partial charge in [0.1, 0.15) is 25.4 Å². The summed E-state index contributed by atoms with van der Waals surface area (Å²) in [6, 6.07) is 0. The summed E-state index contributed by atoms with van der Waals surface area (Å²) < 4.78 is 19.4. The normalized spacial score (nSPS) is 25.3. The van der Waals surface area contributed by atoms with Crippen LogP contribution < -0.4 is 0 Å². The average molecular weight is 254 g/mol. The number of allylic oxidation sites excluding steroid dienone is 2. The van der Waals surface area contributed by atoms with Gasteiger partial charge in [0.05, 0.1) is 13.2 Å². The summed E-state index contributed by atoms with van der Waals surface area (Å²) in [5, 5.41) is 0. The lowest BCUT2D eigenvalue weighted by Crippen LogP contribution is -2.07. The van der Waals surface area contributed by atoms with Crippen LogP contribution in [0.4, 0.5) is 0 Å². The summed E-state index contributed by atoms with van der Waals surface area (Å²) in [4.78, 5) is 22.2. The molecular weight excluding hydrogens is 240 g/mol. The van der Waals surface area contributed by atoms with E-state index in [-0.39, 0.29) is 25.4 Å². The van der Waals surface area contributed by atoms with Gasteiger partial charge in [-0.2, -0.15) is 0 Å². The summed E-state index contributed by atoms with van der Waals surface area (Å²) in [6.45, 7) is 1.84. The van der Waals surface area contributed by atoms with Crippen molar-refractivity contribution in [1.82, 2.24) is 0 Å². The van der Waals surface area contributed by atoms with Gasteiger partial charge in [-0.15, -0.1) is 0 Å². The summed E-state index contributed by atoms with van der Waals surface area (Å²) in [5.41, 5.74) is 0. The molecule has 0 aromatic heterocycles. The molecule has 2 aliphatic heterocycles. The second-order valence-electron chi connectivity index (χ2n) is 3.89. The maximum Gasteiger partial charge on any atom is 0.330 e. The first-order valence-corrected chi connectivity index (χ1v) is 5.65. The van der Waals surface area contributed by atoms with Crippen molar-refractivity contribution in [1.29, 1.82) is 0 Å². The Morgan fingerprint density at radius 2 is 1.33 bits per heavy atom. The Hall–Kier alpha value is -1.66. The van der Waals surface area contributed by atoms with Gasteiger partial charge in [-0.3, -0.25) is 0 Å². The number of epoxide rings is 2. The predicted molar refractivity (Wildman–Crippen MR) is 59.7 cm³/mol. The summed E-state index contributed by atoms with van der Waals surface area (Å²) >= 11 is 0. The molecule has 0 amide bonds. The summed E-state index contributed by atoms with van der Waals surface area (Å²) in [6.07, 6.45) is 5.41. The maximum atomic E-state index is 11.1. The smallest absolute Gasteiger partial charge is 0.330 e. The van der Waals surface area contributed by atoms with E-state index in [0.717, 1.165) is 0 Å². The van der Waals surface area contributed by atoms with Crippen LogP contribution in [0.2, 0.25) is 0 Å². The van der Waals surface area contributed by atoms with Gasteiger partial charge >= 0.3 is 11.9 Å². The monoisotopic (exact) mass is 254 g/mol. The molecular formula is C12H14O6. The number of rotatable bonds is 7. The second-order valence-corrected chi connectivity index (χ2v) is 3.89. The van der Waals surface area contributed by atoms with Crippen LogP contribution in [0.15, 0.2) is 24.3 Å². The largest absolute Gasteiger partial charge is 0.460 e. The molecule has 2 heterocycles. The topological polar surface area (TPSA) is 77.7 Å². The Kier molecular flexibility index (Phi) is 4.49. The molecule has 2 unspecified atom stereocenters. The lowest BCUT2D eigenvalue weighted by molar-refractivity contribution is -0.139. The standard InChI is InChI=1S/C12H14O6/c13-11(17-7-9-5-15-9)3-1-2-4-12(14)18-8-10-6-16-10/h1-4,9-10H,5-8H2. The zero-order chi connectivity index (χ0) is 12.8. The van der Waals surface area contributed by atoms with Gasteiger partial charge in [0.2, 0.25) is 0 Å². The fraction of sp³-hybridized carbons (Fsp3) is 0.500. The summed E-state index contributed by atoms with van der Waals surface area (Å²) in [7, 11) is 0. The van der Waals surface area contributed by atoms with Crippen LogP contribution in [0, 0.1) is 0 Å². The average Bonchev–Trinajstić information content (AvgIpc) is 3.23. The van der Waals surface area contributed by atoms with E-state index in [9.17, 15) is 9.59 Å². The molecule has 0 aliphatic carbocycles. The van der Waals surface area contributed by atoms with E-state index in [1.807, 2.05) is 0 Å². The van der Waals surface area contributed by atoms with Crippen LogP contribution in [0.1, 0.15) is 0 Å². The SMILES string of the molecule is O=C(C=CC=CC(=O)OCC1CO1)OCC1CO1. The second kappa shape index (κ2) is 6.32. The van der Waals surface area contributed by atoms with Crippen molar-refractivity contribution >= 4 is 11.9 Å². The highest BCUT2D eigenvalue weighted by molar-refractivity contribution is 5.84. The minimum Gasteiger partial charge on any atom is -0.460 e. The molecule has 0 radical (unpaired) electrons. The van der Waals surface area contributed by atoms with Gasteiger partial charge in [0, 0.05) is 12.2 Å². The van der Waals surface area contributed by atoms with Crippen molar-refractivity contribution in [3.05, 3.63) is 24.3 Å². The minimum absolute atomic E-state index is 0.0533. The molecule has 0 spiro atoms. The van der Waals surface area contributed by atoms with Crippen molar-refractivity contribution in [2.75, 3.05) is 26.4 Å². The maximum absolute atomic E-state index is 11.1. The number of carbonyl (C=O) groups is 2. The van der Waals surface area contributed by atoms with Gasteiger partial charge in [-0.25, -0.2) is 9.59 Å². The molecule has 2 fully saturated rings. The van der Waals surface area contributed by atoms with E-state index < -0.39 is 11.9 Å². The number of carbonyl (C=O) groups excluding carboxylic acids is 2. The Morgan fingerprint density at radius 3 is 1.67 bits per heavy atom. The molecule has 0 saturated carbocycles. The van der Waals surface area contributed by atoms with Crippen molar-refractivity contribution in [3.63, 3.8) is 0 Å². The third kappa shape index (κ3) is 5.60. The molecule has 2 rings (SSSR count). The summed E-state index contributed by atoms with van der Waals surface area (Å²) in [5.74, 6) is -0.926. The van der Waals surface area contributed by atoms with Crippen LogP contribution in [0.3, 0.4) is 0 Å². The highest BCUT2D eigenvalue weighted by Gasteiger charge is 2.24. The van der Waals surface area contributed by atoms with Crippen molar-refractivity contribution in [2.24, 2.45) is 0 Å². The van der Waals surface area contributed by atoms with E-state index in [4.69, 9.17) is 18.9 Å². The van der Waals surface area contributed by atoms with E-state index in [0.29, 0.717) is 13.2 Å². The van der Waals surface area contributed by atoms with Crippen LogP contribution in [0.5, 0.6) is 0 Å². The van der Waals surface area contributed by atoms with Gasteiger partial charge in [0.25, 0.3) is 0 Å². The first kappa shape index (κ1) is 12.8.